The first-order chi connectivity index (χ1) is 28.6. The molecule has 0 bridgehead atoms. The molecular formula is C50H45IrN3OSi-2. The summed E-state index contributed by atoms with van der Waals surface area (Å²) >= 11 is 0. The van der Waals surface area contributed by atoms with Gasteiger partial charge in [0.1, 0.15) is 5.58 Å². The third kappa shape index (κ3) is 7.96. The van der Waals surface area contributed by atoms with E-state index in [2.05, 4.69) is 108 Å². The summed E-state index contributed by atoms with van der Waals surface area (Å²) in [5, 5.41) is 3.18. The molecule has 0 N–H and O–H groups in total. The number of aromatic nitrogens is 3. The van der Waals surface area contributed by atoms with Crippen LogP contribution in [0.15, 0.2) is 150 Å². The van der Waals surface area contributed by atoms with Crippen molar-refractivity contribution in [3.8, 4) is 39.5 Å². The number of aryl methyl sites for hydroxylation is 1. The molecule has 1 radical (unpaired) electrons. The molecule has 0 saturated heterocycles. The Balaban J connectivity index is 0.000000189. The molecule has 3 aromatic heterocycles. The molecule has 6 heteroatoms. The molecule has 6 aromatic carbocycles. The van der Waals surface area contributed by atoms with Gasteiger partial charge >= 0.3 is 0 Å². The van der Waals surface area contributed by atoms with Gasteiger partial charge in [0.2, 0.25) is 0 Å². The minimum Gasteiger partial charge on any atom is -0.501 e. The van der Waals surface area contributed by atoms with Gasteiger partial charge in [-0.2, -0.15) is 0 Å². The number of para-hydroxylation sites is 3. The summed E-state index contributed by atoms with van der Waals surface area (Å²) in [5.41, 5.74) is 10.1. The maximum absolute atomic E-state index is 8.59. The molecule has 281 valence electrons. The summed E-state index contributed by atoms with van der Waals surface area (Å²) in [6.07, 6.45) is 0.328. The molecule has 0 amide bonds. The van der Waals surface area contributed by atoms with Crippen molar-refractivity contribution in [2.24, 2.45) is 5.92 Å². The summed E-state index contributed by atoms with van der Waals surface area (Å²) in [4.78, 5) is 9.57. The topological polar surface area (TPSA) is 43.9 Å². The van der Waals surface area contributed by atoms with Gasteiger partial charge < -0.3 is 14.0 Å². The van der Waals surface area contributed by atoms with Gasteiger partial charge in [-0.05, 0) is 64.6 Å². The predicted octanol–water partition coefficient (Wildman–Crippen LogP) is 12.7. The van der Waals surface area contributed by atoms with E-state index in [1.165, 1.54) is 17.2 Å². The number of hydrogen-bond acceptors (Lipinski definition) is 3. The molecule has 9 aromatic rings. The van der Waals surface area contributed by atoms with Crippen molar-refractivity contribution in [2.45, 2.75) is 46.7 Å². The van der Waals surface area contributed by atoms with Crippen LogP contribution in [-0.2, 0) is 26.5 Å². The molecular weight excluding hydrogens is 879 g/mol. The van der Waals surface area contributed by atoms with E-state index in [0.29, 0.717) is 16.8 Å². The van der Waals surface area contributed by atoms with Gasteiger partial charge in [0.25, 0.3) is 0 Å². The second kappa shape index (κ2) is 16.4. The molecule has 9 rings (SSSR count). The number of imidazole rings is 1. The van der Waals surface area contributed by atoms with Gasteiger partial charge in [0.15, 0.2) is 0 Å². The Hall–Kier alpha value is -5.39. The van der Waals surface area contributed by atoms with Gasteiger partial charge in [-0.25, -0.2) is 0 Å². The predicted molar refractivity (Wildman–Crippen MR) is 233 cm³/mol. The number of hydrogen-bond donors (Lipinski definition) is 0. The summed E-state index contributed by atoms with van der Waals surface area (Å²) in [6.45, 7) is 8.14. The molecule has 56 heavy (non-hydrogen) atoms. The van der Waals surface area contributed by atoms with Gasteiger partial charge in [-0.1, -0.05) is 136 Å². The fraction of sp³-hybridized carbons (Fsp3) is 0.160. The van der Waals surface area contributed by atoms with Gasteiger partial charge in [0.05, 0.1) is 30.5 Å². The third-order valence-electron chi connectivity index (χ3n) is 9.60. The van der Waals surface area contributed by atoms with Crippen molar-refractivity contribution in [1.29, 1.82) is 0 Å². The molecule has 0 unspecified atom stereocenters. The van der Waals surface area contributed by atoms with E-state index < -0.39 is 21.3 Å². The third-order valence-corrected chi connectivity index (χ3v) is 11.6. The maximum Gasteiger partial charge on any atom is 0.120 e. The largest absolute Gasteiger partial charge is 0.501 e. The Morgan fingerprint density at radius 1 is 0.804 bits per heavy atom. The van der Waals surface area contributed by atoms with Crippen LogP contribution >= 0.6 is 0 Å². The van der Waals surface area contributed by atoms with Crippen LogP contribution in [0.3, 0.4) is 0 Å². The summed E-state index contributed by atoms with van der Waals surface area (Å²) in [7, 11) is -1.78. The molecule has 0 spiro atoms. The average Bonchev–Trinajstić information content (AvgIpc) is 3.82. The number of nitrogens with zero attached hydrogens (tertiary/aromatic N) is 3. The molecule has 3 heterocycles. The number of rotatable bonds is 7. The monoisotopic (exact) mass is 929 g/mol. The number of pyridine rings is 1. The van der Waals surface area contributed by atoms with Crippen LogP contribution < -0.4 is 5.19 Å². The first kappa shape index (κ1) is 32.8. The van der Waals surface area contributed by atoms with Crippen molar-refractivity contribution in [3.05, 3.63) is 169 Å². The number of benzene rings is 6. The molecule has 4 nitrogen and oxygen atoms in total. The first-order valence-corrected chi connectivity index (χ1v) is 22.1. The van der Waals surface area contributed by atoms with Crippen LogP contribution in [0, 0.1) is 24.9 Å². The molecule has 0 aliphatic rings. The van der Waals surface area contributed by atoms with Crippen LogP contribution in [0.4, 0.5) is 0 Å². The minimum atomic E-state index is -2.16. The van der Waals surface area contributed by atoms with Gasteiger partial charge in [0, 0.05) is 44.2 Å². The number of furan rings is 1. The SMILES string of the molecule is [2H]C([2H])([2H])c1c[c-]c(-c2cc(C([2H])([2H])C(C)C)c([Si](C)(C)C)cn2)cc1.[Ir].[c-]1ccc2c(oc3ccccc32)c1-c1nc2ccccc2n1-c1ccc(-c2ccccc2)cc1. The smallest absolute Gasteiger partial charge is 0.120 e. The quantitative estimate of drug-likeness (QED) is 0.118. The van der Waals surface area contributed by atoms with Crippen molar-refractivity contribution < 1.29 is 31.4 Å². The Kier molecular flexibility index (Phi) is 9.59. The molecule has 0 saturated carbocycles. The summed E-state index contributed by atoms with van der Waals surface area (Å²) in [6, 6.07) is 52.4. The Morgan fingerprint density at radius 2 is 1.54 bits per heavy atom. The zero-order valence-corrected chi connectivity index (χ0v) is 35.4. The van der Waals surface area contributed by atoms with Crippen LogP contribution in [0.2, 0.25) is 19.6 Å². The van der Waals surface area contributed by atoms with Crippen molar-refractivity contribution in [1.82, 2.24) is 14.5 Å². The second-order valence-electron chi connectivity index (χ2n) is 15.0. The van der Waals surface area contributed by atoms with E-state index in [1.54, 1.807) is 18.3 Å². The van der Waals surface area contributed by atoms with E-state index in [-0.39, 0.29) is 31.6 Å². The van der Waals surface area contributed by atoms with E-state index >= 15 is 0 Å². The fourth-order valence-electron chi connectivity index (χ4n) is 6.96. The van der Waals surface area contributed by atoms with Crippen molar-refractivity contribution >= 4 is 46.2 Å². The van der Waals surface area contributed by atoms with Gasteiger partial charge in [-0.3, -0.25) is 4.98 Å². The van der Waals surface area contributed by atoms with Crippen LogP contribution in [0.1, 0.15) is 31.8 Å². The molecule has 0 aliphatic carbocycles. The van der Waals surface area contributed by atoms with Gasteiger partial charge in [-0.15, -0.1) is 53.6 Å². The van der Waals surface area contributed by atoms with E-state index in [0.717, 1.165) is 55.2 Å². The normalized spacial score (nSPS) is 13.3. The molecule has 0 aliphatic heterocycles. The summed E-state index contributed by atoms with van der Waals surface area (Å²) < 4.78 is 48.1. The zero-order chi connectivity index (χ0) is 42.4. The van der Waals surface area contributed by atoms with Crippen LogP contribution in [0.5, 0.6) is 0 Å². The fourth-order valence-corrected chi connectivity index (χ4v) is 8.36. The standard InChI is InChI=1S/C31H19N2O.C19H26NSi.Ir/c1-2-9-21(10-3-1)22-17-19-23(20-18-22)33-28-15-6-5-14-27(28)32-31(33)26-13-8-12-25-24-11-4-7-16-29(24)34-30(25)26;1-14(2)11-17-12-18(16-9-7-15(3)8-10-16)20-13-19(17)21(4,5)6;/h1-12,14-20H;7-9,12-14H,11H2,1-6H3;/q2*-1;/i;3D3,11D2;. The Labute approximate surface area is 351 Å². The van der Waals surface area contributed by atoms with Crippen molar-refractivity contribution in [2.75, 3.05) is 0 Å². The Morgan fingerprint density at radius 3 is 2.27 bits per heavy atom. The number of fused-ring (bicyclic) bond motifs is 4. The van der Waals surface area contributed by atoms with E-state index in [1.807, 2.05) is 68.4 Å². The van der Waals surface area contributed by atoms with Crippen molar-refractivity contribution in [3.63, 3.8) is 0 Å². The summed E-state index contributed by atoms with van der Waals surface area (Å²) in [5.74, 6) is 0.646. The van der Waals surface area contributed by atoms with Crippen LogP contribution in [0.25, 0.3) is 72.4 Å². The first-order valence-electron chi connectivity index (χ1n) is 21.1. The maximum atomic E-state index is 8.59. The minimum absolute atomic E-state index is 0. The molecule has 0 atom stereocenters. The second-order valence-corrected chi connectivity index (χ2v) is 20.1. The zero-order valence-electron chi connectivity index (χ0n) is 37.0. The Bertz CT molecular complexity index is 2950. The average molecular weight is 929 g/mol. The van der Waals surface area contributed by atoms with Crippen LogP contribution in [-0.4, -0.2) is 22.6 Å². The van der Waals surface area contributed by atoms with E-state index in [4.69, 9.17) is 16.3 Å². The molecule has 0 fully saturated rings. The van der Waals surface area contributed by atoms with E-state index in [9.17, 15) is 0 Å².